The largest absolute Gasteiger partial charge is 0.465 e. The van der Waals surface area contributed by atoms with Gasteiger partial charge in [-0.15, -0.1) is 0 Å². The lowest BCUT2D eigenvalue weighted by molar-refractivity contribution is 0.0602. The fraction of sp³-hybridized carbons (Fsp3) is 0.136. The number of carbonyl (C=O) groups is 2. The van der Waals surface area contributed by atoms with Gasteiger partial charge >= 0.3 is 5.97 Å². The first-order chi connectivity index (χ1) is 13.5. The molecule has 0 bridgehead atoms. The van der Waals surface area contributed by atoms with Crippen molar-refractivity contribution >= 4 is 17.6 Å². The number of hydrogen-bond acceptors (Lipinski definition) is 4. The van der Waals surface area contributed by atoms with E-state index in [1.54, 1.807) is 36.5 Å². The molecule has 3 aromatic rings. The van der Waals surface area contributed by atoms with E-state index >= 15 is 0 Å². The van der Waals surface area contributed by atoms with Crippen LogP contribution in [0.2, 0.25) is 0 Å². The molecular weight excluding hydrogens is 356 g/mol. The van der Waals surface area contributed by atoms with E-state index in [4.69, 9.17) is 4.74 Å². The first-order valence-electron chi connectivity index (χ1n) is 8.73. The van der Waals surface area contributed by atoms with E-state index in [1.807, 2.05) is 31.2 Å². The molecule has 0 atom stereocenters. The number of hydrogen-bond donors (Lipinski definition) is 1. The molecule has 0 saturated carbocycles. The second-order valence-corrected chi connectivity index (χ2v) is 6.33. The van der Waals surface area contributed by atoms with Crippen molar-refractivity contribution in [2.24, 2.45) is 0 Å². The Morgan fingerprint density at radius 2 is 1.64 bits per heavy atom. The van der Waals surface area contributed by atoms with Crippen LogP contribution in [0, 0.1) is 6.92 Å². The van der Waals surface area contributed by atoms with Crippen LogP contribution >= 0.6 is 0 Å². The molecule has 28 heavy (non-hydrogen) atoms. The van der Waals surface area contributed by atoms with Crippen LogP contribution in [0.4, 0.5) is 5.69 Å². The number of pyridine rings is 1. The molecule has 0 aliphatic heterocycles. The van der Waals surface area contributed by atoms with Gasteiger partial charge < -0.3 is 14.6 Å². The Bertz CT molecular complexity index is 1070. The van der Waals surface area contributed by atoms with E-state index in [-0.39, 0.29) is 16.8 Å². The molecule has 0 radical (unpaired) electrons. The maximum absolute atomic E-state index is 12.8. The van der Waals surface area contributed by atoms with Crippen molar-refractivity contribution in [2.75, 3.05) is 12.4 Å². The molecule has 6 heteroatoms. The average molecular weight is 376 g/mol. The number of para-hydroxylation sites is 1. The molecule has 6 nitrogen and oxygen atoms in total. The summed E-state index contributed by atoms with van der Waals surface area (Å²) in [5.74, 6) is -1.15. The number of ether oxygens (including phenoxy) is 1. The number of benzene rings is 2. The number of aryl methyl sites for hydroxylation is 1. The van der Waals surface area contributed by atoms with Gasteiger partial charge in [0.1, 0.15) is 5.56 Å². The van der Waals surface area contributed by atoms with Gasteiger partial charge in [0.25, 0.3) is 11.5 Å². The molecule has 1 amide bonds. The molecule has 0 spiro atoms. The lowest BCUT2D eigenvalue weighted by Gasteiger charge is -2.11. The molecule has 1 N–H and O–H groups in total. The first-order valence-corrected chi connectivity index (χ1v) is 8.73. The summed E-state index contributed by atoms with van der Waals surface area (Å²) in [5, 5.41) is 2.63. The van der Waals surface area contributed by atoms with Crippen molar-refractivity contribution in [3.8, 4) is 0 Å². The highest BCUT2D eigenvalue weighted by molar-refractivity contribution is 6.07. The van der Waals surface area contributed by atoms with Crippen molar-refractivity contribution < 1.29 is 14.3 Å². The molecular formula is C22H20N2O4. The Hall–Kier alpha value is -3.67. The van der Waals surface area contributed by atoms with Crippen molar-refractivity contribution in [1.82, 2.24) is 4.57 Å². The van der Waals surface area contributed by atoms with Crippen LogP contribution in [0.3, 0.4) is 0 Å². The standard InChI is InChI=1S/C22H20N2O4/c1-15-9-11-16(12-10-15)14-24-13-5-7-18(21(24)26)20(25)23-19-8-4-3-6-17(19)22(27)28-2/h3-13H,14H2,1-2H3,(H,23,25). The molecule has 3 rings (SSSR count). The predicted molar refractivity (Wildman–Crippen MR) is 107 cm³/mol. The van der Waals surface area contributed by atoms with Gasteiger partial charge in [0.15, 0.2) is 0 Å². The Morgan fingerprint density at radius 3 is 2.36 bits per heavy atom. The van der Waals surface area contributed by atoms with Crippen LogP contribution in [0.15, 0.2) is 71.7 Å². The third-order valence-corrected chi connectivity index (χ3v) is 4.32. The highest BCUT2D eigenvalue weighted by Gasteiger charge is 2.17. The Balaban J connectivity index is 1.86. The maximum Gasteiger partial charge on any atom is 0.339 e. The third kappa shape index (κ3) is 4.17. The van der Waals surface area contributed by atoms with E-state index in [0.717, 1.165) is 11.1 Å². The van der Waals surface area contributed by atoms with E-state index in [0.29, 0.717) is 6.54 Å². The summed E-state index contributed by atoms with van der Waals surface area (Å²) in [6, 6.07) is 17.4. The molecule has 1 heterocycles. The number of rotatable bonds is 5. The zero-order chi connectivity index (χ0) is 20.1. The van der Waals surface area contributed by atoms with Crippen molar-refractivity contribution in [1.29, 1.82) is 0 Å². The topological polar surface area (TPSA) is 77.4 Å². The molecule has 0 unspecified atom stereocenters. The summed E-state index contributed by atoms with van der Waals surface area (Å²) in [4.78, 5) is 37.3. The van der Waals surface area contributed by atoms with Gasteiger partial charge in [-0.05, 0) is 36.8 Å². The molecule has 142 valence electrons. The smallest absolute Gasteiger partial charge is 0.339 e. The van der Waals surface area contributed by atoms with Crippen molar-refractivity contribution in [2.45, 2.75) is 13.5 Å². The van der Waals surface area contributed by atoms with Crippen molar-refractivity contribution in [3.63, 3.8) is 0 Å². The van der Waals surface area contributed by atoms with Gasteiger partial charge in [-0.3, -0.25) is 9.59 Å². The molecule has 0 saturated heterocycles. The number of methoxy groups -OCH3 is 1. The van der Waals surface area contributed by atoms with E-state index < -0.39 is 17.4 Å². The zero-order valence-electron chi connectivity index (χ0n) is 15.6. The quantitative estimate of drug-likeness (QED) is 0.694. The summed E-state index contributed by atoms with van der Waals surface area (Å²) in [6.07, 6.45) is 1.64. The van der Waals surface area contributed by atoms with E-state index in [1.165, 1.54) is 17.7 Å². The lowest BCUT2D eigenvalue weighted by atomic mass is 10.1. The third-order valence-electron chi connectivity index (χ3n) is 4.32. The second-order valence-electron chi connectivity index (χ2n) is 6.33. The molecule has 0 aliphatic rings. The fourth-order valence-corrected chi connectivity index (χ4v) is 2.79. The highest BCUT2D eigenvalue weighted by atomic mass is 16.5. The Labute approximate surface area is 162 Å². The molecule has 0 aliphatic carbocycles. The Morgan fingerprint density at radius 1 is 0.964 bits per heavy atom. The van der Waals surface area contributed by atoms with Gasteiger partial charge in [-0.2, -0.15) is 0 Å². The van der Waals surface area contributed by atoms with Gasteiger partial charge in [-0.1, -0.05) is 42.0 Å². The normalized spacial score (nSPS) is 10.4. The minimum atomic E-state index is -0.584. The second kappa shape index (κ2) is 8.35. The van der Waals surface area contributed by atoms with Crippen LogP contribution in [0.25, 0.3) is 0 Å². The van der Waals surface area contributed by atoms with Gasteiger partial charge in [0, 0.05) is 6.20 Å². The number of anilines is 1. The number of aromatic nitrogens is 1. The average Bonchev–Trinajstić information content (AvgIpc) is 2.71. The summed E-state index contributed by atoms with van der Waals surface area (Å²) in [7, 11) is 1.27. The van der Waals surface area contributed by atoms with Crippen molar-refractivity contribution in [3.05, 3.63) is 99.5 Å². The number of amides is 1. The number of nitrogens with zero attached hydrogens (tertiary/aromatic N) is 1. The minimum absolute atomic E-state index is 0.00530. The SMILES string of the molecule is COC(=O)c1ccccc1NC(=O)c1cccn(Cc2ccc(C)cc2)c1=O. The summed E-state index contributed by atoms with van der Waals surface area (Å²) in [5.41, 5.74) is 2.18. The summed E-state index contributed by atoms with van der Waals surface area (Å²) >= 11 is 0. The predicted octanol–water partition coefficient (Wildman–Crippen LogP) is 3.24. The van der Waals surface area contributed by atoms with Crippen LogP contribution in [0.5, 0.6) is 0 Å². The zero-order valence-corrected chi connectivity index (χ0v) is 15.6. The van der Waals surface area contributed by atoms with E-state index in [9.17, 15) is 14.4 Å². The van der Waals surface area contributed by atoms with Gasteiger partial charge in [0.2, 0.25) is 0 Å². The van der Waals surface area contributed by atoms with Gasteiger partial charge in [0.05, 0.1) is 24.9 Å². The minimum Gasteiger partial charge on any atom is -0.465 e. The highest BCUT2D eigenvalue weighted by Crippen LogP contribution is 2.16. The summed E-state index contributed by atoms with van der Waals surface area (Å²) in [6.45, 7) is 2.35. The Kier molecular flexibility index (Phi) is 5.69. The lowest BCUT2D eigenvalue weighted by Crippen LogP contribution is -2.29. The van der Waals surface area contributed by atoms with Crippen LogP contribution in [-0.4, -0.2) is 23.6 Å². The molecule has 2 aromatic carbocycles. The maximum atomic E-state index is 12.8. The van der Waals surface area contributed by atoms with Crippen LogP contribution in [-0.2, 0) is 11.3 Å². The number of nitrogens with one attached hydrogen (secondary N) is 1. The van der Waals surface area contributed by atoms with E-state index in [2.05, 4.69) is 5.32 Å². The fourth-order valence-electron chi connectivity index (χ4n) is 2.79. The van der Waals surface area contributed by atoms with Crippen LogP contribution < -0.4 is 10.9 Å². The number of esters is 1. The molecule has 0 fully saturated rings. The first kappa shape index (κ1) is 19.1. The number of carbonyl (C=O) groups excluding carboxylic acids is 2. The monoisotopic (exact) mass is 376 g/mol. The van der Waals surface area contributed by atoms with Gasteiger partial charge in [-0.25, -0.2) is 4.79 Å². The van der Waals surface area contributed by atoms with Crippen LogP contribution in [0.1, 0.15) is 31.8 Å². The molecule has 1 aromatic heterocycles. The summed E-state index contributed by atoms with van der Waals surface area (Å²) < 4.78 is 6.20.